The Balaban J connectivity index is 1.15. The van der Waals surface area contributed by atoms with Gasteiger partial charge in [0.1, 0.15) is 55.5 Å². The van der Waals surface area contributed by atoms with Crippen LogP contribution in [-0.2, 0) is 44.7 Å². The number of benzene rings is 8. The molecule has 0 saturated heterocycles. The van der Waals surface area contributed by atoms with Crippen molar-refractivity contribution >= 4 is 0 Å². The third-order valence-corrected chi connectivity index (χ3v) is 11.4. The number of hydrogen-bond acceptors (Lipinski definition) is 5. The molecule has 8 aromatic rings. The molecule has 61 heavy (non-hydrogen) atoms. The highest BCUT2D eigenvalue weighted by molar-refractivity contribution is 5.58. The summed E-state index contributed by atoms with van der Waals surface area (Å²) in [5.41, 5.74) is 9.75. The van der Waals surface area contributed by atoms with Gasteiger partial charge in [-0.25, -0.2) is 0 Å². The van der Waals surface area contributed by atoms with E-state index in [0.29, 0.717) is 39.3 Å². The van der Waals surface area contributed by atoms with Gasteiger partial charge < -0.3 is 24.1 Å². The van der Waals surface area contributed by atoms with E-state index in [9.17, 15) is 5.11 Å². The Morgan fingerprint density at radius 1 is 0.328 bits per heavy atom. The fourth-order valence-corrected chi connectivity index (χ4v) is 8.56. The van der Waals surface area contributed by atoms with E-state index in [4.69, 9.17) is 18.9 Å². The van der Waals surface area contributed by atoms with E-state index in [1.54, 1.807) is 0 Å². The number of rotatable bonds is 16. The lowest BCUT2D eigenvalue weighted by Gasteiger charge is -2.43. The molecule has 1 N–H and O–H groups in total. The highest BCUT2D eigenvalue weighted by Gasteiger charge is 2.44. The monoisotopic (exact) mass is 800 g/mol. The van der Waals surface area contributed by atoms with Crippen LogP contribution in [0.25, 0.3) is 0 Å². The summed E-state index contributed by atoms with van der Waals surface area (Å²) in [6.45, 7) is 1.69. The van der Waals surface area contributed by atoms with E-state index in [-0.39, 0.29) is 0 Å². The zero-order chi connectivity index (χ0) is 41.3. The molecule has 302 valence electrons. The van der Waals surface area contributed by atoms with E-state index in [2.05, 4.69) is 109 Å². The van der Waals surface area contributed by atoms with Gasteiger partial charge in [0.05, 0.1) is 0 Å². The summed E-state index contributed by atoms with van der Waals surface area (Å²) in [5.74, 6) is 2.91. The van der Waals surface area contributed by atoms with Crippen LogP contribution in [0.4, 0.5) is 0 Å². The molecular formula is C56H48O5. The predicted molar refractivity (Wildman–Crippen MR) is 241 cm³/mol. The maximum absolute atomic E-state index is 12.0. The number of hydrogen-bond donors (Lipinski definition) is 1. The Morgan fingerprint density at radius 2 is 0.607 bits per heavy atom. The van der Waals surface area contributed by atoms with Gasteiger partial charge in [0, 0.05) is 17.5 Å². The normalized spacial score (nSPS) is 12.8. The van der Waals surface area contributed by atoms with Crippen molar-refractivity contribution in [2.75, 3.05) is 0 Å². The van der Waals surface area contributed by atoms with Gasteiger partial charge in [0.25, 0.3) is 0 Å². The summed E-state index contributed by atoms with van der Waals surface area (Å²) in [5, 5.41) is 12.0. The summed E-state index contributed by atoms with van der Waals surface area (Å²) in [4.78, 5) is 0. The van der Waals surface area contributed by atoms with Crippen LogP contribution >= 0.6 is 0 Å². The van der Waals surface area contributed by atoms with Gasteiger partial charge in [0.15, 0.2) is 0 Å². The summed E-state index contributed by atoms with van der Waals surface area (Å²) in [7, 11) is 0. The lowest BCUT2D eigenvalue weighted by molar-refractivity contribution is 0.207. The van der Waals surface area contributed by atoms with Gasteiger partial charge in [-0.3, -0.25) is 0 Å². The van der Waals surface area contributed by atoms with E-state index in [1.807, 2.05) is 97.1 Å². The molecule has 0 spiro atoms. The lowest BCUT2D eigenvalue weighted by atomic mass is 9.60. The minimum atomic E-state index is -0.767. The number of aliphatic hydroxyl groups excluding tert-OH is 1. The van der Waals surface area contributed by atoms with Crippen LogP contribution in [-0.4, -0.2) is 5.11 Å². The first kappa shape index (κ1) is 39.4. The second kappa shape index (κ2) is 18.5. The molecule has 0 atom stereocenters. The molecule has 1 aliphatic rings. The minimum absolute atomic E-state index is 0.424. The van der Waals surface area contributed by atoms with Crippen molar-refractivity contribution in [3.05, 3.63) is 262 Å². The van der Waals surface area contributed by atoms with Gasteiger partial charge in [-0.2, -0.15) is 0 Å². The Hall–Kier alpha value is -7.08. The quantitative estimate of drug-likeness (QED) is 0.105. The van der Waals surface area contributed by atoms with E-state index in [0.717, 1.165) is 78.6 Å². The van der Waals surface area contributed by atoms with E-state index >= 15 is 0 Å². The summed E-state index contributed by atoms with van der Waals surface area (Å²) in [6.07, 6.45) is 0.414. The summed E-state index contributed by atoms with van der Waals surface area (Å²) < 4.78 is 26.1. The molecule has 0 bridgehead atoms. The van der Waals surface area contributed by atoms with Crippen molar-refractivity contribution in [2.45, 2.75) is 50.8 Å². The van der Waals surface area contributed by atoms with Crippen molar-refractivity contribution in [3.63, 3.8) is 0 Å². The first-order chi connectivity index (χ1) is 30.1. The molecule has 0 unspecified atom stereocenters. The molecule has 0 heterocycles. The molecule has 0 radical (unpaired) electrons. The molecule has 1 aliphatic carbocycles. The molecule has 8 aromatic carbocycles. The van der Waals surface area contributed by atoms with Crippen LogP contribution in [0.3, 0.4) is 0 Å². The second-order valence-corrected chi connectivity index (χ2v) is 15.7. The Labute approximate surface area is 358 Å². The summed E-state index contributed by atoms with van der Waals surface area (Å²) >= 11 is 0. The topological polar surface area (TPSA) is 57.2 Å². The van der Waals surface area contributed by atoms with Crippen LogP contribution in [0.2, 0.25) is 0 Å². The first-order valence-electron chi connectivity index (χ1n) is 20.9. The van der Waals surface area contributed by atoms with Crippen LogP contribution < -0.4 is 18.9 Å². The molecule has 5 nitrogen and oxygen atoms in total. The largest absolute Gasteiger partial charge is 0.489 e. The van der Waals surface area contributed by atoms with Crippen LogP contribution in [0.1, 0.15) is 61.7 Å². The molecular weight excluding hydrogens is 753 g/mol. The van der Waals surface area contributed by atoms with Gasteiger partial charge in [-0.1, -0.05) is 170 Å². The van der Waals surface area contributed by atoms with Crippen LogP contribution in [0.5, 0.6) is 23.0 Å². The Morgan fingerprint density at radius 3 is 0.918 bits per heavy atom. The van der Waals surface area contributed by atoms with Crippen LogP contribution in [0.15, 0.2) is 206 Å². The molecule has 9 rings (SSSR count). The minimum Gasteiger partial charge on any atom is -0.489 e. The summed E-state index contributed by atoms with van der Waals surface area (Å²) in [6, 6.07) is 70.1. The molecule has 0 amide bonds. The fourth-order valence-electron chi connectivity index (χ4n) is 8.56. The Kier molecular flexibility index (Phi) is 11.9. The fraction of sp³-hybridized carbons (Fsp3) is 0.143. The average molecular weight is 801 g/mol. The zero-order valence-electron chi connectivity index (χ0n) is 34.0. The highest BCUT2D eigenvalue weighted by Crippen LogP contribution is 2.50. The zero-order valence-corrected chi connectivity index (χ0v) is 34.0. The van der Waals surface area contributed by atoms with Gasteiger partial charge in [0.2, 0.25) is 0 Å². The van der Waals surface area contributed by atoms with Gasteiger partial charge in [-0.15, -0.1) is 0 Å². The van der Waals surface area contributed by atoms with Gasteiger partial charge >= 0.3 is 0 Å². The Bertz CT molecular complexity index is 2350. The molecule has 5 heteroatoms. The second-order valence-electron chi connectivity index (χ2n) is 15.7. The predicted octanol–water partition coefficient (Wildman–Crippen LogP) is 12.2. The van der Waals surface area contributed by atoms with Crippen LogP contribution in [0, 0.1) is 0 Å². The van der Waals surface area contributed by atoms with Crippen molar-refractivity contribution < 1.29 is 24.1 Å². The number of ether oxygens (including phenoxy) is 4. The molecule has 0 aliphatic heterocycles. The number of fused-ring (bicyclic) bond motifs is 2. The average Bonchev–Trinajstić information content (AvgIpc) is 3.32. The lowest BCUT2D eigenvalue weighted by Crippen LogP contribution is -2.39. The smallest absolute Gasteiger partial charge is 0.123 e. The third kappa shape index (κ3) is 9.38. The van der Waals surface area contributed by atoms with E-state index in [1.165, 1.54) is 0 Å². The van der Waals surface area contributed by atoms with Crippen molar-refractivity contribution in [3.8, 4) is 23.0 Å². The van der Waals surface area contributed by atoms with E-state index < -0.39 is 11.5 Å². The first-order valence-corrected chi connectivity index (χ1v) is 20.9. The molecule has 0 saturated carbocycles. The standard InChI is InChI=1S/C56H48O5/c57-55-51-25-13-15-27-53(51)56(54-28-16-14-26-52(54)55,35-45-29-47(58-37-41-17-5-1-6-18-41)33-48(30-45)59-38-42-19-7-2-8-20-42)36-46-31-49(60-39-43-21-9-3-10-22-43)34-50(32-46)61-40-44-23-11-4-12-24-44/h1-34,55,57H,35-40H2. The molecule has 0 fully saturated rings. The van der Waals surface area contributed by atoms with Crippen molar-refractivity contribution in [1.82, 2.24) is 0 Å². The number of aliphatic hydroxyl groups is 1. The SMILES string of the molecule is OC1c2ccccc2C(Cc2cc(OCc3ccccc3)cc(OCc3ccccc3)c2)(Cc2cc(OCc3ccccc3)cc(OCc3ccccc3)c2)c2ccccc21. The van der Waals surface area contributed by atoms with Crippen molar-refractivity contribution in [2.24, 2.45) is 0 Å². The highest BCUT2D eigenvalue weighted by atomic mass is 16.5. The van der Waals surface area contributed by atoms with Crippen molar-refractivity contribution in [1.29, 1.82) is 0 Å². The maximum atomic E-state index is 12.0. The maximum Gasteiger partial charge on any atom is 0.123 e. The molecule has 0 aromatic heterocycles. The van der Waals surface area contributed by atoms with Gasteiger partial charge in [-0.05, 0) is 92.7 Å². The third-order valence-electron chi connectivity index (χ3n) is 11.4.